The third kappa shape index (κ3) is 3.41. The first-order valence-electron chi connectivity index (χ1n) is 10.6. The molecule has 2 heterocycles. The smallest absolute Gasteiger partial charge is 0.125 e. The first kappa shape index (κ1) is 17.6. The molecule has 0 bridgehead atoms. The molecule has 0 saturated heterocycles. The zero-order chi connectivity index (χ0) is 17.9. The molecule has 0 unspecified atom stereocenters. The van der Waals surface area contributed by atoms with Crippen LogP contribution in [0, 0.1) is 6.92 Å². The van der Waals surface area contributed by atoms with E-state index >= 15 is 0 Å². The van der Waals surface area contributed by atoms with E-state index in [-0.39, 0.29) is 0 Å². The summed E-state index contributed by atoms with van der Waals surface area (Å²) in [5.41, 5.74) is 8.25. The molecule has 0 amide bonds. The Labute approximate surface area is 157 Å². The molecule has 0 atom stereocenters. The van der Waals surface area contributed by atoms with Gasteiger partial charge in [-0.2, -0.15) is 0 Å². The lowest BCUT2D eigenvalue weighted by Crippen LogP contribution is -2.15. The van der Waals surface area contributed by atoms with Crippen LogP contribution in [0.2, 0.25) is 0 Å². The molecule has 4 rings (SSSR count). The number of hydrogen-bond donors (Lipinski definition) is 0. The third-order valence-electron chi connectivity index (χ3n) is 6.23. The van der Waals surface area contributed by atoms with Gasteiger partial charge in [-0.1, -0.05) is 32.6 Å². The molecule has 3 heteroatoms. The maximum absolute atomic E-state index is 5.33. The van der Waals surface area contributed by atoms with Gasteiger partial charge in [-0.05, 0) is 69.1 Å². The Bertz CT molecular complexity index is 775. The monoisotopic (exact) mass is 349 g/mol. The number of rotatable bonds is 3. The van der Waals surface area contributed by atoms with Crippen LogP contribution in [0.15, 0.2) is 12.3 Å². The Balaban J connectivity index is 1.93. The van der Waals surface area contributed by atoms with Gasteiger partial charge in [-0.3, -0.25) is 4.98 Å². The minimum Gasteiger partial charge on any atom is -0.257 e. The van der Waals surface area contributed by atoms with Crippen LogP contribution >= 0.6 is 0 Å². The Kier molecular flexibility index (Phi) is 5.33. The van der Waals surface area contributed by atoms with Crippen molar-refractivity contribution in [2.45, 2.75) is 90.4 Å². The fourth-order valence-electron chi connectivity index (χ4n) is 4.96. The number of pyridine rings is 1. The van der Waals surface area contributed by atoms with Crippen molar-refractivity contribution < 1.29 is 0 Å². The zero-order valence-corrected chi connectivity index (χ0v) is 16.4. The molecule has 0 aromatic carbocycles. The van der Waals surface area contributed by atoms with E-state index in [1.54, 1.807) is 0 Å². The van der Waals surface area contributed by atoms with Gasteiger partial charge >= 0.3 is 0 Å². The van der Waals surface area contributed by atoms with E-state index in [1.165, 1.54) is 79.4 Å². The normalized spacial score (nSPS) is 18.4. The van der Waals surface area contributed by atoms with Crippen LogP contribution in [0.5, 0.6) is 0 Å². The number of aryl methyl sites for hydroxylation is 2. The summed E-state index contributed by atoms with van der Waals surface area (Å²) in [6.07, 6.45) is 15.8. The lowest BCUT2D eigenvalue weighted by Gasteiger charge is -2.27. The summed E-state index contributed by atoms with van der Waals surface area (Å²) in [6.45, 7) is 4.29. The van der Waals surface area contributed by atoms with Gasteiger partial charge in [-0.15, -0.1) is 0 Å². The maximum atomic E-state index is 5.33. The Morgan fingerprint density at radius 3 is 2.50 bits per heavy atom. The van der Waals surface area contributed by atoms with Crippen molar-refractivity contribution in [1.29, 1.82) is 0 Å². The Hall–Kier alpha value is -1.77. The van der Waals surface area contributed by atoms with Crippen LogP contribution in [-0.4, -0.2) is 15.0 Å². The molecule has 0 N–H and O–H groups in total. The molecule has 3 nitrogen and oxygen atoms in total. The van der Waals surface area contributed by atoms with Crippen LogP contribution in [0.4, 0.5) is 0 Å². The van der Waals surface area contributed by atoms with E-state index in [9.17, 15) is 0 Å². The van der Waals surface area contributed by atoms with Crippen molar-refractivity contribution in [2.24, 2.45) is 0 Å². The van der Waals surface area contributed by atoms with Crippen molar-refractivity contribution in [3.05, 3.63) is 40.6 Å². The summed E-state index contributed by atoms with van der Waals surface area (Å²) >= 11 is 0. The zero-order valence-electron chi connectivity index (χ0n) is 16.4. The highest BCUT2D eigenvalue weighted by Gasteiger charge is 2.26. The molecule has 2 aromatic rings. The molecule has 1 saturated carbocycles. The quantitative estimate of drug-likeness (QED) is 0.665. The molecule has 2 aliphatic carbocycles. The van der Waals surface area contributed by atoms with E-state index in [0.717, 1.165) is 30.8 Å². The lowest BCUT2D eigenvalue weighted by atomic mass is 9.81. The van der Waals surface area contributed by atoms with E-state index in [2.05, 4.69) is 18.0 Å². The van der Waals surface area contributed by atoms with Crippen molar-refractivity contribution in [3.63, 3.8) is 0 Å². The van der Waals surface area contributed by atoms with Crippen molar-refractivity contribution >= 4 is 0 Å². The fraction of sp³-hybridized carbons (Fsp3) is 0.609. The third-order valence-corrected chi connectivity index (χ3v) is 6.23. The topological polar surface area (TPSA) is 38.7 Å². The Morgan fingerprint density at radius 2 is 1.73 bits per heavy atom. The van der Waals surface area contributed by atoms with Crippen LogP contribution in [0.1, 0.15) is 92.5 Å². The van der Waals surface area contributed by atoms with E-state index in [1.807, 2.05) is 13.1 Å². The largest absolute Gasteiger partial charge is 0.257 e. The molecule has 0 spiro atoms. The molecule has 2 aromatic heterocycles. The van der Waals surface area contributed by atoms with Gasteiger partial charge in [0, 0.05) is 29.1 Å². The lowest BCUT2D eigenvalue weighted by molar-refractivity contribution is 0.433. The van der Waals surface area contributed by atoms with Gasteiger partial charge in [0.1, 0.15) is 5.82 Å². The highest BCUT2D eigenvalue weighted by molar-refractivity contribution is 5.70. The second-order valence-electron chi connectivity index (χ2n) is 8.01. The number of hydrogen-bond acceptors (Lipinski definition) is 3. The Morgan fingerprint density at radius 1 is 0.962 bits per heavy atom. The van der Waals surface area contributed by atoms with Crippen molar-refractivity contribution in [1.82, 2.24) is 15.0 Å². The summed E-state index contributed by atoms with van der Waals surface area (Å²) in [5, 5.41) is 0. The summed E-state index contributed by atoms with van der Waals surface area (Å²) in [4.78, 5) is 14.5. The number of aromatic nitrogens is 3. The van der Waals surface area contributed by atoms with Gasteiger partial charge in [0.2, 0.25) is 0 Å². The molecule has 138 valence electrons. The maximum Gasteiger partial charge on any atom is 0.125 e. The van der Waals surface area contributed by atoms with Gasteiger partial charge in [0.15, 0.2) is 0 Å². The highest BCUT2D eigenvalue weighted by atomic mass is 14.9. The van der Waals surface area contributed by atoms with E-state index in [0.29, 0.717) is 5.92 Å². The van der Waals surface area contributed by atoms with Crippen molar-refractivity contribution in [2.75, 3.05) is 0 Å². The second-order valence-corrected chi connectivity index (χ2v) is 8.01. The van der Waals surface area contributed by atoms with Gasteiger partial charge in [-0.25, -0.2) is 9.97 Å². The van der Waals surface area contributed by atoms with E-state index < -0.39 is 0 Å². The van der Waals surface area contributed by atoms with Crippen LogP contribution < -0.4 is 0 Å². The van der Waals surface area contributed by atoms with Gasteiger partial charge < -0.3 is 0 Å². The SMILES string of the molecule is CCc1c(C2CCCCC2)nc2c(c1-c1ccnc(C)n1)CCCCC2. The minimum absolute atomic E-state index is 0.647. The van der Waals surface area contributed by atoms with Crippen LogP contribution in [-0.2, 0) is 19.3 Å². The highest BCUT2D eigenvalue weighted by Crippen LogP contribution is 2.40. The minimum atomic E-state index is 0.647. The molecule has 1 fully saturated rings. The molecule has 2 aliphatic rings. The molecule has 0 aliphatic heterocycles. The summed E-state index contributed by atoms with van der Waals surface area (Å²) < 4.78 is 0. The molecule has 26 heavy (non-hydrogen) atoms. The standard InChI is InChI=1S/C23H31N3/c1-3-18-22(21-14-15-24-16(2)25-21)19-12-8-5-9-13-20(19)26-23(18)17-10-6-4-7-11-17/h14-15,17H,3-13H2,1-2H3. The number of fused-ring (bicyclic) bond motifs is 1. The molecular formula is C23H31N3. The molecular weight excluding hydrogens is 318 g/mol. The fourth-order valence-corrected chi connectivity index (χ4v) is 4.96. The number of nitrogens with zero attached hydrogens (tertiary/aromatic N) is 3. The average Bonchev–Trinajstić information content (AvgIpc) is 2.92. The van der Waals surface area contributed by atoms with Gasteiger partial charge in [0.25, 0.3) is 0 Å². The first-order chi connectivity index (χ1) is 12.8. The molecule has 0 radical (unpaired) electrons. The van der Waals surface area contributed by atoms with Crippen LogP contribution in [0.3, 0.4) is 0 Å². The summed E-state index contributed by atoms with van der Waals surface area (Å²) in [6, 6.07) is 2.11. The van der Waals surface area contributed by atoms with E-state index in [4.69, 9.17) is 9.97 Å². The summed E-state index contributed by atoms with van der Waals surface area (Å²) in [7, 11) is 0. The predicted octanol–water partition coefficient (Wildman–Crippen LogP) is 5.73. The van der Waals surface area contributed by atoms with Crippen molar-refractivity contribution in [3.8, 4) is 11.3 Å². The first-order valence-corrected chi connectivity index (χ1v) is 10.6. The van der Waals surface area contributed by atoms with Gasteiger partial charge in [0.05, 0.1) is 5.69 Å². The van der Waals surface area contributed by atoms with Crippen LogP contribution in [0.25, 0.3) is 11.3 Å². The summed E-state index contributed by atoms with van der Waals surface area (Å²) in [5.74, 6) is 1.51. The predicted molar refractivity (Wildman–Crippen MR) is 106 cm³/mol. The second kappa shape index (κ2) is 7.85. The average molecular weight is 350 g/mol.